The molecule has 0 radical (unpaired) electrons. The van der Waals surface area contributed by atoms with Gasteiger partial charge in [0, 0.05) is 11.1 Å². The minimum absolute atomic E-state index is 0.0577. The molecule has 140 valence electrons. The number of anilines is 1. The topological polar surface area (TPSA) is 90.4 Å². The van der Waals surface area contributed by atoms with Gasteiger partial charge in [0.25, 0.3) is 5.91 Å². The van der Waals surface area contributed by atoms with Crippen LogP contribution in [0.25, 0.3) is 10.2 Å². The van der Waals surface area contributed by atoms with Crippen molar-refractivity contribution in [2.45, 2.75) is 18.1 Å². The average Bonchev–Trinajstić information content (AvgIpc) is 3.16. The summed E-state index contributed by atoms with van der Waals surface area (Å²) in [6.07, 6.45) is 0.559. The van der Waals surface area contributed by atoms with E-state index in [-0.39, 0.29) is 5.75 Å². The van der Waals surface area contributed by atoms with Crippen LogP contribution < -0.4 is 10.1 Å². The molecule has 1 atom stereocenters. The van der Waals surface area contributed by atoms with Crippen molar-refractivity contribution in [1.82, 2.24) is 9.97 Å². The van der Waals surface area contributed by atoms with Gasteiger partial charge in [0.15, 0.2) is 6.10 Å². The molecule has 1 aromatic carbocycles. The number of nitrogens with one attached hydrogen (secondary N) is 1. The number of hydrogen-bond acceptors (Lipinski definition) is 8. The van der Waals surface area contributed by atoms with Crippen molar-refractivity contribution < 1.29 is 19.1 Å². The Kier molecular flexibility index (Phi) is 6.25. The average molecular weight is 403 g/mol. The fourth-order valence-corrected chi connectivity index (χ4v) is 3.77. The summed E-state index contributed by atoms with van der Waals surface area (Å²) in [6, 6.07) is 8.80. The van der Waals surface area contributed by atoms with E-state index in [0.29, 0.717) is 16.5 Å². The fourth-order valence-electron chi connectivity index (χ4n) is 2.21. The predicted octanol–water partition coefficient (Wildman–Crippen LogP) is 3.36. The van der Waals surface area contributed by atoms with Crippen LogP contribution in [0.5, 0.6) is 5.75 Å². The third-order valence-electron chi connectivity index (χ3n) is 3.59. The monoisotopic (exact) mass is 403 g/mol. The molecule has 3 rings (SSSR count). The van der Waals surface area contributed by atoms with Crippen molar-refractivity contribution >= 4 is 50.9 Å². The van der Waals surface area contributed by atoms with E-state index in [9.17, 15) is 9.59 Å². The Hall–Kier alpha value is -2.65. The second-order valence-corrected chi connectivity index (χ2v) is 7.32. The number of aromatic nitrogens is 2. The molecule has 3 aromatic rings. The zero-order valence-electron chi connectivity index (χ0n) is 14.7. The Bertz CT molecular complexity index is 943. The number of ether oxygens (including phenoxy) is 2. The smallest absolute Gasteiger partial charge is 0.317 e. The molecule has 2 aromatic heterocycles. The minimum Gasteiger partial charge on any atom is -0.497 e. The summed E-state index contributed by atoms with van der Waals surface area (Å²) >= 11 is 2.77. The van der Waals surface area contributed by atoms with Crippen LogP contribution in [0, 0.1) is 0 Å². The van der Waals surface area contributed by atoms with E-state index in [4.69, 9.17) is 9.47 Å². The standard InChI is InChI=1S/C18H17N3O4S2/c1-11(16(23)21-12-3-5-13(24-2)6-4-12)25-15(22)9-27-18-14-7-8-26-17(14)19-10-20-18/h3-8,10-11H,9H2,1-2H3,(H,21,23)/t11-/m0/s1. The van der Waals surface area contributed by atoms with Crippen LogP contribution in [0.15, 0.2) is 47.1 Å². The number of thioether (sulfide) groups is 1. The first-order valence-corrected chi connectivity index (χ1v) is 9.88. The van der Waals surface area contributed by atoms with Crippen molar-refractivity contribution in [3.63, 3.8) is 0 Å². The molecule has 1 N–H and O–H groups in total. The quantitative estimate of drug-likeness (QED) is 0.367. The van der Waals surface area contributed by atoms with Crippen LogP contribution in [0.4, 0.5) is 5.69 Å². The Morgan fingerprint density at radius 1 is 1.22 bits per heavy atom. The van der Waals surface area contributed by atoms with E-state index in [1.54, 1.807) is 31.4 Å². The van der Waals surface area contributed by atoms with Crippen LogP contribution in [0.1, 0.15) is 6.92 Å². The molecule has 0 aliphatic heterocycles. The van der Waals surface area contributed by atoms with Gasteiger partial charge < -0.3 is 14.8 Å². The highest BCUT2D eigenvalue weighted by molar-refractivity contribution is 8.00. The van der Waals surface area contributed by atoms with Gasteiger partial charge in [-0.1, -0.05) is 11.8 Å². The van der Waals surface area contributed by atoms with Crippen LogP contribution in [0.2, 0.25) is 0 Å². The molecule has 0 spiro atoms. The largest absolute Gasteiger partial charge is 0.497 e. The molecule has 0 saturated carbocycles. The lowest BCUT2D eigenvalue weighted by Crippen LogP contribution is -2.30. The van der Waals surface area contributed by atoms with E-state index in [1.165, 1.54) is 36.3 Å². The van der Waals surface area contributed by atoms with E-state index in [0.717, 1.165) is 10.2 Å². The summed E-state index contributed by atoms with van der Waals surface area (Å²) in [7, 11) is 1.57. The van der Waals surface area contributed by atoms with Crippen LogP contribution in [-0.4, -0.2) is 40.8 Å². The summed E-state index contributed by atoms with van der Waals surface area (Å²) in [5, 5.41) is 6.24. The Morgan fingerprint density at radius 3 is 2.74 bits per heavy atom. The van der Waals surface area contributed by atoms with Gasteiger partial charge in [-0.05, 0) is 42.6 Å². The first-order chi connectivity index (χ1) is 13.1. The number of methoxy groups -OCH3 is 1. The molecule has 27 heavy (non-hydrogen) atoms. The molecular formula is C18H17N3O4S2. The van der Waals surface area contributed by atoms with Crippen molar-refractivity contribution in [2.24, 2.45) is 0 Å². The summed E-state index contributed by atoms with van der Waals surface area (Å²) in [4.78, 5) is 33.5. The molecule has 0 saturated heterocycles. The van der Waals surface area contributed by atoms with Crippen molar-refractivity contribution in [2.75, 3.05) is 18.2 Å². The maximum absolute atomic E-state index is 12.2. The molecule has 7 nitrogen and oxygen atoms in total. The molecule has 0 aliphatic rings. The van der Waals surface area contributed by atoms with Gasteiger partial charge in [0.2, 0.25) is 0 Å². The highest BCUT2D eigenvalue weighted by Crippen LogP contribution is 2.27. The van der Waals surface area contributed by atoms with Crippen molar-refractivity contribution in [1.29, 1.82) is 0 Å². The summed E-state index contributed by atoms with van der Waals surface area (Å²) in [5.41, 5.74) is 0.596. The second kappa shape index (κ2) is 8.83. The normalized spacial score (nSPS) is 11.8. The number of carbonyl (C=O) groups excluding carboxylic acids is 2. The Morgan fingerprint density at radius 2 is 2.00 bits per heavy atom. The molecule has 0 aliphatic carbocycles. The molecular weight excluding hydrogens is 386 g/mol. The lowest BCUT2D eigenvalue weighted by Gasteiger charge is -2.13. The highest BCUT2D eigenvalue weighted by atomic mass is 32.2. The van der Waals surface area contributed by atoms with Crippen LogP contribution >= 0.6 is 23.1 Å². The minimum atomic E-state index is -0.910. The van der Waals surface area contributed by atoms with E-state index in [1.807, 2.05) is 11.4 Å². The molecule has 0 fully saturated rings. The SMILES string of the molecule is COc1ccc(NC(=O)[C@H](C)OC(=O)CSc2ncnc3sccc23)cc1. The third-order valence-corrected chi connectivity index (χ3v) is 5.39. The van der Waals surface area contributed by atoms with Gasteiger partial charge in [-0.15, -0.1) is 11.3 Å². The molecule has 2 heterocycles. The zero-order valence-corrected chi connectivity index (χ0v) is 16.3. The van der Waals surface area contributed by atoms with Gasteiger partial charge in [-0.3, -0.25) is 9.59 Å². The number of esters is 1. The maximum Gasteiger partial charge on any atom is 0.317 e. The van der Waals surface area contributed by atoms with E-state index in [2.05, 4.69) is 15.3 Å². The zero-order chi connectivity index (χ0) is 19.2. The summed E-state index contributed by atoms with van der Waals surface area (Å²) in [5.74, 6) is -0.142. The second-order valence-electron chi connectivity index (χ2n) is 5.46. The van der Waals surface area contributed by atoms with Crippen molar-refractivity contribution in [3.8, 4) is 5.75 Å². The van der Waals surface area contributed by atoms with Gasteiger partial charge in [0.05, 0.1) is 12.9 Å². The molecule has 0 bridgehead atoms. The highest BCUT2D eigenvalue weighted by Gasteiger charge is 2.18. The lowest BCUT2D eigenvalue weighted by atomic mass is 10.3. The lowest BCUT2D eigenvalue weighted by molar-refractivity contribution is -0.150. The predicted molar refractivity (Wildman–Crippen MR) is 105 cm³/mol. The maximum atomic E-state index is 12.2. The van der Waals surface area contributed by atoms with Crippen LogP contribution in [0.3, 0.4) is 0 Å². The summed E-state index contributed by atoms with van der Waals surface area (Å²) < 4.78 is 10.3. The number of rotatable bonds is 7. The summed E-state index contributed by atoms with van der Waals surface area (Å²) in [6.45, 7) is 1.53. The van der Waals surface area contributed by atoms with Gasteiger partial charge in [0.1, 0.15) is 21.9 Å². The van der Waals surface area contributed by atoms with Gasteiger partial charge >= 0.3 is 5.97 Å². The number of hydrogen-bond donors (Lipinski definition) is 1. The number of fused-ring (bicyclic) bond motifs is 1. The Labute approximate surface area is 164 Å². The van der Waals surface area contributed by atoms with E-state index < -0.39 is 18.0 Å². The molecule has 0 unspecified atom stereocenters. The van der Waals surface area contributed by atoms with Gasteiger partial charge in [-0.2, -0.15) is 0 Å². The molecule has 1 amide bonds. The van der Waals surface area contributed by atoms with Gasteiger partial charge in [-0.25, -0.2) is 9.97 Å². The fraction of sp³-hybridized carbons (Fsp3) is 0.222. The number of nitrogens with zero attached hydrogens (tertiary/aromatic N) is 2. The first kappa shape index (κ1) is 19.1. The molecule has 9 heteroatoms. The van der Waals surface area contributed by atoms with E-state index >= 15 is 0 Å². The third kappa shape index (κ3) is 4.95. The Balaban J connectivity index is 1.50. The number of thiophene rings is 1. The number of carbonyl (C=O) groups is 2. The van der Waals surface area contributed by atoms with Crippen LogP contribution in [-0.2, 0) is 14.3 Å². The van der Waals surface area contributed by atoms with Crippen molar-refractivity contribution in [3.05, 3.63) is 42.0 Å². The number of benzene rings is 1. The number of amides is 1. The first-order valence-electron chi connectivity index (χ1n) is 8.02.